The van der Waals surface area contributed by atoms with Crippen LogP contribution in [0.5, 0.6) is 0 Å². The van der Waals surface area contributed by atoms with Gasteiger partial charge in [-0.05, 0) is 27.7 Å². The number of rotatable bonds is 7. The van der Waals surface area contributed by atoms with Crippen molar-refractivity contribution in [2.24, 2.45) is 5.92 Å². The van der Waals surface area contributed by atoms with Crippen LogP contribution in [0.15, 0.2) is 0 Å². The monoisotopic (exact) mass is 231 g/mol. The molecule has 2 nitrogen and oxygen atoms in total. The molecule has 3 heteroatoms. The van der Waals surface area contributed by atoms with E-state index in [-0.39, 0.29) is 5.92 Å². The summed E-state index contributed by atoms with van der Waals surface area (Å²) in [4.78, 5) is 13.8. The molecule has 0 rings (SSSR count). The van der Waals surface area contributed by atoms with Gasteiger partial charge in [0.05, 0.1) is 5.75 Å². The quantitative estimate of drug-likeness (QED) is 0.628. The summed E-state index contributed by atoms with van der Waals surface area (Å²) in [7, 11) is 0. The van der Waals surface area contributed by atoms with Crippen LogP contribution >= 0.6 is 11.8 Å². The predicted molar refractivity (Wildman–Crippen MR) is 69.3 cm³/mol. The lowest BCUT2D eigenvalue weighted by Gasteiger charge is -2.29. The molecule has 15 heavy (non-hydrogen) atoms. The van der Waals surface area contributed by atoms with E-state index in [1.807, 2.05) is 13.8 Å². The molecule has 0 spiro atoms. The molecule has 0 saturated heterocycles. The van der Waals surface area contributed by atoms with E-state index in [4.69, 9.17) is 0 Å². The Morgan fingerprint density at radius 1 is 1.07 bits per heavy atom. The molecule has 0 aromatic rings. The van der Waals surface area contributed by atoms with Crippen LogP contribution in [0.2, 0.25) is 0 Å². The van der Waals surface area contributed by atoms with E-state index in [1.165, 1.54) is 0 Å². The van der Waals surface area contributed by atoms with Gasteiger partial charge in [0.15, 0.2) is 0 Å². The van der Waals surface area contributed by atoms with Gasteiger partial charge in [0, 0.05) is 23.9 Å². The Kier molecular flexibility index (Phi) is 7.28. The molecule has 0 aliphatic heterocycles. The van der Waals surface area contributed by atoms with Gasteiger partial charge in [0.1, 0.15) is 5.78 Å². The first kappa shape index (κ1) is 15.0. The van der Waals surface area contributed by atoms with Gasteiger partial charge >= 0.3 is 0 Å². The van der Waals surface area contributed by atoms with Gasteiger partial charge < -0.3 is 0 Å². The molecule has 0 aromatic carbocycles. The maximum Gasteiger partial charge on any atom is 0.145 e. The Morgan fingerprint density at radius 3 is 1.87 bits per heavy atom. The highest BCUT2D eigenvalue weighted by atomic mass is 32.2. The summed E-state index contributed by atoms with van der Waals surface area (Å²) in [6.45, 7) is 12.7. The molecule has 0 fully saturated rings. The van der Waals surface area contributed by atoms with E-state index in [9.17, 15) is 4.79 Å². The first-order valence-electron chi connectivity index (χ1n) is 5.72. The van der Waals surface area contributed by atoms with Crippen molar-refractivity contribution in [3.05, 3.63) is 0 Å². The van der Waals surface area contributed by atoms with Gasteiger partial charge in [-0.2, -0.15) is 0 Å². The molecule has 0 saturated carbocycles. The molecule has 0 atom stereocenters. The summed E-state index contributed by atoms with van der Waals surface area (Å²) in [5.74, 6) is 2.12. The summed E-state index contributed by atoms with van der Waals surface area (Å²) in [5.41, 5.74) is 0. The molecular weight excluding hydrogens is 206 g/mol. The third kappa shape index (κ3) is 6.21. The van der Waals surface area contributed by atoms with Crippen LogP contribution in [0.4, 0.5) is 0 Å². The fourth-order valence-corrected chi connectivity index (χ4v) is 2.75. The maximum absolute atomic E-state index is 11.4. The zero-order valence-corrected chi connectivity index (χ0v) is 11.7. The second-order valence-electron chi connectivity index (χ2n) is 4.80. The molecule has 0 amide bonds. The molecule has 0 N–H and O–H groups in total. The number of carbonyl (C=O) groups is 1. The van der Waals surface area contributed by atoms with Crippen molar-refractivity contribution in [2.45, 2.75) is 53.6 Å². The smallest absolute Gasteiger partial charge is 0.145 e. The highest BCUT2D eigenvalue weighted by Crippen LogP contribution is 2.13. The van der Waals surface area contributed by atoms with Crippen molar-refractivity contribution >= 4 is 17.5 Å². The number of ketones is 1. The summed E-state index contributed by atoms with van der Waals surface area (Å²) < 4.78 is 0. The van der Waals surface area contributed by atoms with E-state index in [0.717, 1.165) is 5.88 Å². The Bertz CT molecular complexity index is 182. The number of thioether (sulfide) groups is 1. The van der Waals surface area contributed by atoms with Gasteiger partial charge in [-0.1, -0.05) is 13.8 Å². The topological polar surface area (TPSA) is 20.3 Å². The molecule has 0 aromatic heterocycles. The highest BCUT2D eigenvalue weighted by molar-refractivity contribution is 7.99. The molecule has 90 valence electrons. The third-order valence-electron chi connectivity index (χ3n) is 2.46. The van der Waals surface area contributed by atoms with Crippen LogP contribution in [0.25, 0.3) is 0 Å². The van der Waals surface area contributed by atoms with Crippen LogP contribution in [0, 0.1) is 5.92 Å². The third-order valence-corrected chi connectivity index (χ3v) is 3.42. The molecule has 0 aliphatic rings. The number of hydrogen-bond acceptors (Lipinski definition) is 3. The second kappa shape index (κ2) is 7.29. The van der Waals surface area contributed by atoms with Crippen LogP contribution in [-0.2, 0) is 4.79 Å². The Labute approximate surface area is 98.8 Å². The van der Waals surface area contributed by atoms with Crippen molar-refractivity contribution in [1.29, 1.82) is 0 Å². The number of nitrogens with zero attached hydrogens (tertiary/aromatic N) is 1. The normalized spacial score (nSPS) is 12.1. The predicted octanol–water partition coefficient (Wildman–Crippen LogP) is 3.02. The van der Waals surface area contributed by atoms with E-state index in [1.54, 1.807) is 11.8 Å². The minimum Gasteiger partial charge on any atom is -0.298 e. The van der Waals surface area contributed by atoms with E-state index < -0.39 is 0 Å². The molecule has 0 radical (unpaired) electrons. The van der Waals surface area contributed by atoms with E-state index in [2.05, 4.69) is 32.6 Å². The minimum absolute atomic E-state index is 0.170. The number of hydrogen-bond donors (Lipinski definition) is 0. The van der Waals surface area contributed by atoms with Crippen LogP contribution in [0.3, 0.4) is 0 Å². The zero-order valence-electron chi connectivity index (χ0n) is 10.9. The molecule has 0 aliphatic carbocycles. The van der Waals surface area contributed by atoms with Crippen molar-refractivity contribution in [2.75, 3.05) is 11.6 Å². The fourth-order valence-electron chi connectivity index (χ4n) is 1.31. The molecule has 0 heterocycles. The van der Waals surface area contributed by atoms with Crippen molar-refractivity contribution < 1.29 is 4.79 Å². The molecule has 0 unspecified atom stereocenters. The minimum atomic E-state index is 0.170. The van der Waals surface area contributed by atoms with Crippen molar-refractivity contribution in [1.82, 2.24) is 4.90 Å². The zero-order chi connectivity index (χ0) is 12.0. The Hall–Kier alpha value is -0.0200. The van der Waals surface area contributed by atoms with Crippen molar-refractivity contribution in [3.63, 3.8) is 0 Å². The van der Waals surface area contributed by atoms with E-state index in [0.29, 0.717) is 23.6 Å². The summed E-state index contributed by atoms with van der Waals surface area (Å²) in [6.07, 6.45) is 0. The van der Waals surface area contributed by atoms with Gasteiger partial charge in [-0.15, -0.1) is 11.8 Å². The van der Waals surface area contributed by atoms with Gasteiger partial charge in [0.25, 0.3) is 0 Å². The first-order valence-corrected chi connectivity index (χ1v) is 6.88. The lowest BCUT2D eigenvalue weighted by Crippen LogP contribution is -2.36. The second-order valence-corrected chi connectivity index (χ2v) is 5.76. The largest absolute Gasteiger partial charge is 0.298 e. The number of carbonyl (C=O) groups excluding carboxylic acids is 1. The SMILES string of the molecule is CC(C)C(=O)CSCN(C(C)C)C(C)C. The lowest BCUT2D eigenvalue weighted by molar-refractivity contribution is -0.119. The summed E-state index contributed by atoms with van der Waals surface area (Å²) >= 11 is 1.73. The van der Waals surface area contributed by atoms with Gasteiger partial charge in [0.2, 0.25) is 0 Å². The number of Topliss-reactive ketones (excluding diaryl/α,β-unsaturated/α-hetero) is 1. The highest BCUT2D eigenvalue weighted by Gasteiger charge is 2.14. The van der Waals surface area contributed by atoms with Gasteiger partial charge in [-0.25, -0.2) is 0 Å². The fraction of sp³-hybridized carbons (Fsp3) is 0.917. The Balaban J connectivity index is 3.87. The van der Waals surface area contributed by atoms with Crippen LogP contribution in [0.1, 0.15) is 41.5 Å². The van der Waals surface area contributed by atoms with Crippen LogP contribution < -0.4 is 0 Å². The average Bonchev–Trinajstić information content (AvgIpc) is 2.10. The summed E-state index contributed by atoms with van der Waals surface area (Å²) in [5, 5.41) is 0. The summed E-state index contributed by atoms with van der Waals surface area (Å²) in [6, 6.07) is 1.10. The van der Waals surface area contributed by atoms with Crippen molar-refractivity contribution in [3.8, 4) is 0 Å². The average molecular weight is 231 g/mol. The maximum atomic E-state index is 11.4. The molecular formula is C12H25NOS. The first-order chi connectivity index (χ1) is 6.86. The van der Waals surface area contributed by atoms with Crippen LogP contribution in [-0.4, -0.2) is 34.4 Å². The lowest BCUT2D eigenvalue weighted by atomic mass is 10.1. The van der Waals surface area contributed by atoms with E-state index >= 15 is 0 Å². The molecule has 0 bridgehead atoms. The standard InChI is InChI=1S/C12H25NOS/c1-9(2)12(14)7-15-8-13(10(3)4)11(5)6/h9-11H,7-8H2,1-6H3. The Morgan fingerprint density at radius 2 is 1.53 bits per heavy atom. The van der Waals surface area contributed by atoms with Gasteiger partial charge in [-0.3, -0.25) is 9.69 Å².